The molecule has 1 N–H and O–H groups in total. The van der Waals surface area contributed by atoms with Crippen molar-refractivity contribution in [3.63, 3.8) is 0 Å². The van der Waals surface area contributed by atoms with E-state index in [2.05, 4.69) is 29.4 Å². The average molecular weight is 282 g/mol. The topological polar surface area (TPSA) is 51.2 Å². The molecule has 4 heteroatoms. The van der Waals surface area contributed by atoms with E-state index >= 15 is 0 Å². The van der Waals surface area contributed by atoms with Gasteiger partial charge in [0, 0.05) is 12.3 Å². The minimum atomic E-state index is -0.229. The lowest BCUT2D eigenvalue weighted by molar-refractivity contribution is 0.0925. The summed E-state index contributed by atoms with van der Waals surface area (Å²) in [5.41, 5.74) is 2.55. The number of methoxy groups -OCH3 is 1. The summed E-state index contributed by atoms with van der Waals surface area (Å²) < 4.78 is 5.13. The van der Waals surface area contributed by atoms with Crippen LogP contribution >= 0.6 is 0 Å². The van der Waals surface area contributed by atoms with Crippen molar-refractivity contribution in [1.82, 2.24) is 10.3 Å². The molecule has 1 fully saturated rings. The van der Waals surface area contributed by atoms with E-state index in [-0.39, 0.29) is 11.4 Å². The Hall–Kier alpha value is -2.36. The van der Waals surface area contributed by atoms with E-state index in [0.717, 1.165) is 12.8 Å². The van der Waals surface area contributed by atoms with E-state index in [9.17, 15) is 4.79 Å². The number of hydrogen-bond donors (Lipinski definition) is 1. The lowest BCUT2D eigenvalue weighted by atomic mass is 9.99. The van der Waals surface area contributed by atoms with Crippen molar-refractivity contribution in [2.45, 2.75) is 25.3 Å². The number of rotatable bonds is 4. The van der Waals surface area contributed by atoms with Gasteiger partial charge in [-0.3, -0.25) is 9.78 Å². The zero-order valence-corrected chi connectivity index (χ0v) is 12.2. The van der Waals surface area contributed by atoms with Crippen LogP contribution in [-0.2, 0) is 5.54 Å². The van der Waals surface area contributed by atoms with E-state index in [0.29, 0.717) is 11.4 Å². The van der Waals surface area contributed by atoms with Crippen molar-refractivity contribution in [3.05, 3.63) is 59.4 Å². The van der Waals surface area contributed by atoms with Crippen molar-refractivity contribution >= 4 is 5.91 Å². The predicted octanol–water partition coefficient (Wildman–Crippen LogP) is 2.82. The molecule has 1 saturated carbocycles. The van der Waals surface area contributed by atoms with Gasteiger partial charge in [-0.25, -0.2) is 0 Å². The molecule has 1 aliphatic rings. The molecule has 0 saturated heterocycles. The number of carbonyl (C=O) groups is 1. The molecule has 1 aromatic carbocycles. The van der Waals surface area contributed by atoms with Crippen molar-refractivity contribution in [2.24, 2.45) is 0 Å². The van der Waals surface area contributed by atoms with E-state index in [1.165, 1.54) is 11.1 Å². The fourth-order valence-electron chi connectivity index (χ4n) is 2.64. The van der Waals surface area contributed by atoms with Crippen molar-refractivity contribution in [1.29, 1.82) is 0 Å². The molecular formula is C17H18N2O2. The highest BCUT2D eigenvalue weighted by atomic mass is 16.5. The van der Waals surface area contributed by atoms with Gasteiger partial charge in [-0.15, -0.1) is 0 Å². The maximum atomic E-state index is 12.4. The largest absolute Gasteiger partial charge is 0.497 e. The predicted molar refractivity (Wildman–Crippen MR) is 80.3 cm³/mol. The first-order valence-electron chi connectivity index (χ1n) is 7.03. The van der Waals surface area contributed by atoms with Crippen LogP contribution in [0.2, 0.25) is 0 Å². The Kier molecular flexibility index (Phi) is 3.37. The monoisotopic (exact) mass is 282 g/mol. The Morgan fingerprint density at radius 1 is 1.29 bits per heavy atom. The van der Waals surface area contributed by atoms with Gasteiger partial charge < -0.3 is 10.1 Å². The number of carbonyl (C=O) groups excluding carboxylic acids is 1. The maximum Gasteiger partial charge on any atom is 0.270 e. The summed E-state index contributed by atoms with van der Waals surface area (Å²) in [5, 5.41) is 3.14. The fraction of sp³-hybridized carbons (Fsp3) is 0.294. The zero-order valence-electron chi connectivity index (χ0n) is 12.2. The van der Waals surface area contributed by atoms with E-state index in [1.54, 1.807) is 25.4 Å². The van der Waals surface area contributed by atoms with Gasteiger partial charge >= 0.3 is 0 Å². The molecule has 2 aromatic rings. The van der Waals surface area contributed by atoms with Crippen LogP contribution in [0.5, 0.6) is 5.75 Å². The second-order valence-corrected chi connectivity index (χ2v) is 5.43. The zero-order chi connectivity index (χ0) is 14.9. The van der Waals surface area contributed by atoms with Gasteiger partial charge in [-0.05, 0) is 37.0 Å². The third-order valence-electron chi connectivity index (χ3n) is 3.96. The minimum absolute atomic E-state index is 0.158. The summed E-state index contributed by atoms with van der Waals surface area (Å²) in [4.78, 5) is 16.5. The van der Waals surface area contributed by atoms with Gasteiger partial charge in [0.05, 0.1) is 12.6 Å². The molecular weight excluding hydrogens is 264 g/mol. The van der Waals surface area contributed by atoms with Crippen molar-refractivity contribution in [2.75, 3.05) is 7.11 Å². The quantitative estimate of drug-likeness (QED) is 0.938. The summed E-state index contributed by atoms with van der Waals surface area (Å²) in [6.45, 7) is 2.07. The van der Waals surface area contributed by atoms with Crippen LogP contribution < -0.4 is 10.1 Å². The van der Waals surface area contributed by atoms with Crippen molar-refractivity contribution < 1.29 is 9.53 Å². The number of amides is 1. The molecule has 0 aliphatic heterocycles. The van der Waals surface area contributed by atoms with E-state index < -0.39 is 0 Å². The first-order chi connectivity index (χ1) is 10.1. The lowest BCUT2D eigenvalue weighted by Gasteiger charge is -2.20. The van der Waals surface area contributed by atoms with Gasteiger partial charge in [-0.2, -0.15) is 0 Å². The third kappa shape index (κ3) is 2.61. The van der Waals surface area contributed by atoms with Crippen LogP contribution in [0.3, 0.4) is 0 Å². The molecule has 21 heavy (non-hydrogen) atoms. The van der Waals surface area contributed by atoms with Crippen LogP contribution in [0.15, 0.2) is 42.6 Å². The smallest absolute Gasteiger partial charge is 0.270 e. The number of nitrogens with one attached hydrogen (secondary N) is 1. The highest BCUT2D eigenvalue weighted by Crippen LogP contribution is 2.46. The highest BCUT2D eigenvalue weighted by molar-refractivity contribution is 5.93. The molecule has 3 rings (SSSR count). The summed E-state index contributed by atoms with van der Waals surface area (Å²) in [7, 11) is 1.58. The molecule has 108 valence electrons. The highest BCUT2D eigenvalue weighted by Gasteiger charge is 2.46. The Bertz CT molecular complexity index is 678. The SMILES string of the molecule is COc1ccnc(C(=O)NC2(c3ccccc3C)CC2)c1. The van der Waals surface area contributed by atoms with Gasteiger partial charge in [-0.1, -0.05) is 24.3 Å². The molecule has 1 aromatic heterocycles. The summed E-state index contributed by atoms with van der Waals surface area (Å²) in [6, 6.07) is 11.6. The van der Waals surface area contributed by atoms with Gasteiger partial charge in [0.25, 0.3) is 5.91 Å². The van der Waals surface area contributed by atoms with Crippen LogP contribution in [-0.4, -0.2) is 18.0 Å². The number of hydrogen-bond acceptors (Lipinski definition) is 3. The van der Waals surface area contributed by atoms with Gasteiger partial charge in [0.1, 0.15) is 11.4 Å². The third-order valence-corrected chi connectivity index (χ3v) is 3.96. The minimum Gasteiger partial charge on any atom is -0.497 e. The molecule has 0 unspecified atom stereocenters. The summed E-state index contributed by atoms with van der Waals surface area (Å²) in [5.74, 6) is 0.477. The Labute approximate surface area is 124 Å². The first kappa shape index (κ1) is 13.6. The lowest BCUT2D eigenvalue weighted by Crippen LogP contribution is -2.35. The van der Waals surface area contributed by atoms with Gasteiger partial charge in [0.15, 0.2) is 0 Å². The molecule has 0 spiro atoms. The average Bonchev–Trinajstić information content (AvgIpc) is 3.28. The second-order valence-electron chi connectivity index (χ2n) is 5.43. The number of pyridine rings is 1. The van der Waals surface area contributed by atoms with Crippen LogP contribution in [0.4, 0.5) is 0 Å². The Balaban J connectivity index is 1.83. The molecule has 1 aliphatic carbocycles. The molecule has 0 atom stereocenters. The fourth-order valence-corrected chi connectivity index (χ4v) is 2.64. The van der Waals surface area contributed by atoms with Crippen molar-refractivity contribution in [3.8, 4) is 5.75 Å². The first-order valence-corrected chi connectivity index (χ1v) is 7.03. The number of ether oxygens (including phenoxy) is 1. The van der Waals surface area contributed by atoms with Crippen LogP contribution in [0, 0.1) is 6.92 Å². The standard InChI is InChI=1S/C17H18N2O2/c1-12-5-3-4-6-14(12)17(8-9-17)19-16(20)15-11-13(21-2)7-10-18-15/h3-7,10-11H,8-9H2,1-2H3,(H,19,20). The number of nitrogens with zero attached hydrogens (tertiary/aromatic N) is 1. The van der Waals surface area contributed by atoms with E-state index in [1.807, 2.05) is 12.1 Å². The second kappa shape index (κ2) is 5.20. The maximum absolute atomic E-state index is 12.4. The summed E-state index contributed by atoms with van der Waals surface area (Å²) in [6.07, 6.45) is 3.52. The molecule has 1 amide bonds. The van der Waals surface area contributed by atoms with Crippen LogP contribution in [0.1, 0.15) is 34.5 Å². The van der Waals surface area contributed by atoms with Crippen LogP contribution in [0.25, 0.3) is 0 Å². The number of aromatic nitrogens is 1. The Morgan fingerprint density at radius 3 is 2.71 bits per heavy atom. The number of benzene rings is 1. The molecule has 0 bridgehead atoms. The Morgan fingerprint density at radius 2 is 2.05 bits per heavy atom. The van der Waals surface area contributed by atoms with Gasteiger partial charge in [0.2, 0.25) is 0 Å². The molecule has 0 radical (unpaired) electrons. The van der Waals surface area contributed by atoms with E-state index in [4.69, 9.17) is 4.74 Å². The summed E-state index contributed by atoms with van der Waals surface area (Å²) >= 11 is 0. The normalized spacial score (nSPS) is 15.3. The number of aryl methyl sites for hydroxylation is 1. The molecule has 4 nitrogen and oxygen atoms in total. The molecule has 1 heterocycles.